The Hall–Kier alpha value is -8.26. The van der Waals surface area contributed by atoms with Crippen LogP contribution < -0.4 is 4.90 Å². The minimum Gasteiger partial charge on any atom is -0.310 e. The molecule has 0 aliphatic heterocycles. The molecule has 0 bridgehead atoms. The first-order chi connectivity index (χ1) is 31.8. The Balaban J connectivity index is 1.21. The van der Waals surface area contributed by atoms with Gasteiger partial charge in [0.05, 0.1) is 5.69 Å². The smallest absolute Gasteiger partial charge is 0.0540 e. The molecule has 298 valence electrons. The average molecular weight is 812 g/mol. The van der Waals surface area contributed by atoms with Crippen molar-refractivity contribution in [3.05, 3.63) is 259 Å². The SMILES string of the molecule is c1ccc(-c2c3c4ccc(C(c5ccccc5)c5ccccc5)c5cccc(c3c(-c3ccccc3)c3c6ccc(N(c7ccccc7)c7ccccc7)c7cccc(c23)c76)c54)cc1. The van der Waals surface area contributed by atoms with Crippen LogP contribution in [0.2, 0.25) is 0 Å². The molecule has 0 spiro atoms. The van der Waals surface area contributed by atoms with Gasteiger partial charge in [-0.3, -0.25) is 0 Å². The van der Waals surface area contributed by atoms with Crippen LogP contribution in [0.4, 0.5) is 17.1 Å². The normalized spacial score (nSPS) is 11.9. The Morgan fingerprint density at radius 1 is 0.250 bits per heavy atom. The first-order valence-corrected chi connectivity index (χ1v) is 22.3. The molecule has 0 aliphatic carbocycles. The summed E-state index contributed by atoms with van der Waals surface area (Å²) in [4.78, 5) is 2.41. The van der Waals surface area contributed by atoms with E-state index in [0.717, 1.165) is 17.1 Å². The Labute approximate surface area is 372 Å². The summed E-state index contributed by atoms with van der Waals surface area (Å²) in [5.74, 6) is 0.0765. The average Bonchev–Trinajstić information content (AvgIpc) is 3.88. The van der Waals surface area contributed by atoms with Gasteiger partial charge >= 0.3 is 0 Å². The van der Waals surface area contributed by atoms with E-state index in [9.17, 15) is 0 Å². The molecular formula is C63H41N. The third-order valence-electron chi connectivity index (χ3n) is 13.6. The first-order valence-electron chi connectivity index (χ1n) is 22.3. The van der Waals surface area contributed by atoms with Crippen molar-refractivity contribution in [3.63, 3.8) is 0 Å². The molecule has 1 nitrogen and oxygen atoms in total. The molecule has 0 saturated carbocycles. The van der Waals surface area contributed by atoms with Crippen molar-refractivity contribution >= 4 is 81.7 Å². The first kappa shape index (κ1) is 36.4. The van der Waals surface area contributed by atoms with Crippen LogP contribution in [0, 0.1) is 0 Å². The Bertz CT molecular complexity index is 3400. The Morgan fingerprint density at radius 2 is 0.609 bits per heavy atom. The third kappa shape index (κ3) is 5.44. The monoisotopic (exact) mass is 811 g/mol. The van der Waals surface area contributed by atoms with Crippen molar-refractivity contribution < 1.29 is 0 Å². The number of para-hydroxylation sites is 2. The second-order valence-electron chi connectivity index (χ2n) is 17.0. The largest absolute Gasteiger partial charge is 0.310 e. The second kappa shape index (κ2) is 14.7. The van der Waals surface area contributed by atoms with E-state index in [1.165, 1.54) is 104 Å². The summed E-state index contributed by atoms with van der Waals surface area (Å²) in [5, 5.41) is 15.6. The van der Waals surface area contributed by atoms with Gasteiger partial charge in [-0.25, -0.2) is 0 Å². The van der Waals surface area contributed by atoms with E-state index in [-0.39, 0.29) is 5.92 Å². The van der Waals surface area contributed by atoms with Crippen LogP contribution in [0.3, 0.4) is 0 Å². The summed E-state index contributed by atoms with van der Waals surface area (Å²) in [6.45, 7) is 0. The van der Waals surface area contributed by atoms with Crippen LogP contribution in [-0.2, 0) is 0 Å². The molecule has 0 N–H and O–H groups in total. The van der Waals surface area contributed by atoms with E-state index >= 15 is 0 Å². The number of hydrogen-bond acceptors (Lipinski definition) is 1. The van der Waals surface area contributed by atoms with Crippen LogP contribution in [0.1, 0.15) is 22.6 Å². The lowest BCUT2D eigenvalue weighted by atomic mass is 9.82. The molecule has 0 unspecified atom stereocenters. The summed E-state index contributed by atoms with van der Waals surface area (Å²) in [6, 6.07) is 89.6. The maximum absolute atomic E-state index is 2.44. The second-order valence-corrected chi connectivity index (χ2v) is 17.0. The molecule has 0 amide bonds. The molecular weight excluding hydrogens is 771 g/mol. The van der Waals surface area contributed by atoms with E-state index in [1.807, 2.05) is 0 Å². The minimum atomic E-state index is 0.0765. The maximum Gasteiger partial charge on any atom is 0.0540 e. The van der Waals surface area contributed by atoms with Crippen molar-refractivity contribution in [1.82, 2.24) is 0 Å². The van der Waals surface area contributed by atoms with E-state index < -0.39 is 0 Å². The number of nitrogens with zero attached hydrogens (tertiary/aromatic N) is 1. The lowest BCUT2D eigenvalue weighted by Gasteiger charge is -2.27. The third-order valence-corrected chi connectivity index (χ3v) is 13.6. The van der Waals surface area contributed by atoms with Gasteiger partial charge in [-0.15, -0.1) is 0 Å². The summed E-state index contributed by atoms with van der Waals surface area (Å²) < 4.78 is 0. The summed E-state index contributed by atoms with van der Waals surface area (Å²) >= 11 is 0. The topological polar surface area (TPSA) is 3.24 Å². The number of rotatable bonds is 8. The predicted molar refractivity (Wildman–Crippen MR) is 273 cm³/mol. The van der Waals surface area contributed by atoms with Gasteiger partial charge in [0, 0.05) is 22.7 Å². The molecule has 0 heterocycles. The van der Waals surface area contributed by atoms with Gasteiger partial charge in [0.15, 0.2) is 0 Å². The number of benzene rings is 11. The molecule has 0 fully saturated rings. The lowest BCUT2D eigenvalue weighted by molar-refractivity contribution is 0.990. The molecule has 0 atom stereocenters. The van der Waals surface area contributed by atoms with Crippen molar-refractivity contribution in [2.75, 3.05) is 4.90 Å². The van der Waals surface area contributed by atoms with E-state index in [2.05, 4.69) is 248 Å². The lowest BCUT2D eigenvalue weighted by Crippen LogP contribution is -2.10. The van der Waals surface area contributed by atoms with Gasteiger partial charge in [0.2, 0.25) is 0 Å². The van der Waals surface area contributed by atoms with E-state index in [1.54, 1.807) is 0 Å². The number of anilines is 3. The van der Waals surface area contributed by atoms with Crippen LogP contribution in [0.15, 0.2) is 243 Å². The molecule has 13 aromatic carbocycles. The molecule has 13 rings (SSSR count). The number of fused-ring (bicyclic) bond motifs is 6. The molecule has 0 saturated heterocycles. The van der Waals surface area contributed by atoms with E-state index in [0.29, 0.717) is 0 Å². The van der Waals surface area contributed by atoms with Crippen LogP contribution >= 0.6 is 0 Å². The fourth-order valence-electron chi connectivity index (χ4n) is 11.1. The zero-order chi connectivity index (χ0) is 42.1. The quantitative estimate of drug-likeness (QED) is 0.138. The zero-order valence-corrected chi connectivity index (χ0v) is 35.1. The molecule has 13 aromatic rings. The summed E-state index contributed by atoms with van der Waals surface area (Å²) in [5.41, 5.74) is 12.4. The molecule has 0 aromatic heterocycles. The fourth-order valence-corrected chi connectivity index (χ4v) is 11.1. The predicted octanol–water partition coefficient (Wildman–Crippen LogP) is 17.5. The highest BCUT2D eigenvalue weighted by atomic mass is 15.1. The summed E-state index contributed by atoms with van der Waals surface area (Å²) in [7, 11) is 0. The highest BCUT2D eigenvalue weighted by Crippen LogP contribution is 2.57. The fraction of sp³-hybridized carbons (Fsp3) is 0.0159. The van der Waals surface area contributed by atoms with Gasteiger partial charge in [0.25, 0.3) is 0 Å². The highest BCUT2D eigenvalue weighted by Gasteiger charge is 2.30. The highest BCUT2D eigenvalue weighted by molar-refractivity contribution is 6.47. The van der Waals surface area contributed by atoms with Crippen molar-refractivity contribution in [2.45, 2.75) is 5.92 Å². The molecule has 64 heavy (non-hydrogen) atoms. The summed E-state index contributed by atoms with van der Waals surface area (Å²) in [6.07, 6.45) is 0. The van der Waals surface area contributed by atoms with Gasteiger partial charge in [-0.2, -0.15) is 0 Å². The number of hydrogen-bond donors (Lipinski definition) is 0. The standard InChI is InChI=1S/C63H41N/c1-7-21-41(22-8-1)55(42-23-9-2-10-24-42)48-37-38-52-58-47(48)33-19-35-50(58)60-56(43-25-11-3-12-26-43)63-53-39-40-54(64(45-29-15-5-16-30-45)46-31-17-6-18-32-46)49-34-20-36-51(59(49)53)61(63)57(62(52)60)44-27-13-4-14-28-44/h1-40,55H. The Kier molecular flexibility index (Phi) is 8.35. The molecule has 0 radical (unpaired) electrons. The minimum absolute atomic E-state index is 0.0765. The maximum atomic E-state index is 2.44. The van der Waals surface area contributed by atoms with Gasteiger partial charge in [0.1, 0.15) is 0 Å². The molecule has 0 aliphatic rings. The molecule has 1 heteroatoms. The van der Waals surface area contributed by atoms with Crippen LogP contribution in [-0.4, -0.2) is 0 Å². The van der Waals surface area contributed by atoms with Crippen molar-refractivity contribution in [2.24, 2.45) is 0 Å². The van der Waals surface area contributed by atoms with Crippen LogP contribution in [0.5, 0.6) is 0 Å². The van der Waals surface area contributed by atoms with Gasteiger partial charge < -0.3 is 4.90 Å². The zero-order valence-electron chi connectivity index (χ0n) is 35.1. The van der Waals surface area contributed by atoms with Gasteiger partial charge in [-0.1, -0.05) is 212 Å². The van der Waals surface area contributed by atoms with Crippen molar-refractivity contribution in [3.8, 4) is 22.3 Å². The Morgan fingerprint density at radius 3 is 1.08 bits per heavy atom. The van der Waals surface area contributed by atoms with E-state index in [4.69, 9.17) is 0 Å². The van der Waals surface area contributed by atoms with Gasteiger partial charge in [-0.05, 0) is 129 Å². The van der Waals surface area contributed by atoms with Crippen molar-refractivity contribution in [1.29, 1.82) is 0 Å². The van der Waals surface area contributed by atoms with Crippen LogP contribution in [0.25, 0.3) is 86.9 Å².